The molecule has 5 nitrogen and oxygen atoms in total. The third kappa shape index (κ3) is 3.95. The third-order valence-corrected chi connectivity index (χ3v) is 15.2. The summed E-state index contributed by atoms with van der Waals surface area (Å²) in [5.74, 6) is 0.373. The van der Waals surface area contributed by atoms with E-state index in [0.29, 0.717) is 28.7 Å². The zero-order valence-electron chi connectivity index (χ0n) is 23.9. The van der Waals surface area contributed by atoms with Gasteiger partial charge in [-0.15, -0.1) is 0 Å². The Balaban J connectivity index is 1.57. The van der Waals surface area contributed by atoms with Gasteiger partial charge in [-0.3, -0.25) is 14.5 Å². The first-order chi connectivity index (χ1) is 17.9. The highest BCUT2D eigenvalue weighted by Gasteiger charge is 2.57. The predicted octanol–water partition coefficient (Wildman–Crippen LogP) is 7.63. The second-order valence-electron chi connectivity index (χ2n) is 12.6. The number of imide groups is 1. The maximum absolute atomic E-state index is 13.9. The molecule has 0 bridgehead atoms. The zero-order valence-corrected chi connectivity index (χ0v) is 24.9. The quantitative estimate of drug-likeness (QED) is 0.218. The fourth-order valence-corrected chi connectivity index (χ4v) is 12.8. The van der Waals surface area contributed by atoms with E-state index in [9.17, 15) is 9.59 Å². The van der Waals surface area contributed by atoms with Crippen molar-refractivity contribution >= 4 is 25.8 Å². The topological polar surface area (TPSA) is 55.8 Å². The molecule has 5 rings (SSSR count). The van der Waals surface area contributed by atoms with E-state index in [1.165, 1.54) is 4.90 Å². The first kappa shape index (κ1) is 26.7. The summed E-state index contributed by atoms with van der Waals surface area (Å²) < 4.78 is 13.6. The van der Waals surface area contributed by atoms with E-state index in [-0.39, 0.29) is 23.7 Å². The van der Waals surface area contributed by atoms with Gasteiger partial charge in [-0.25, -0.2) is 0 Å². The van der Waals surface area contributed by atoms with Gasteiger partial charge in [-0.2, -0.15) is 0 Å². The van der Waals surface area contributed by atoms with Crippen LogP contribution in [0.5, 0.6) is 11.5 Å². The van der Waals surface area contributed by atoms with Gasteiger partial charge >= 0.3 is 0 Å². The minimum absolute atomic E-state index is 0.103. The monoisotopic (exact) mass is 531 g/mol. The largest absolute Gasteiger partial charge is 0.543 e. The number of carbonyl (C=O) groups excluding carboxylic acids is 2. The fourth-order valence-electron chi connectivity index (χ4n) is 7.57. The van der Waals surface area contributed by atoms with Gasteiger partial charge in [-0.1, -0.05) is 71.9 Å². The van der Waals surface area contributed by atoms with Gasteiger partial charge in [0, 0.05) is 17.5 Å². The number of fused-ring (bicyclic) bond motifs is 5. The highest BCUT2D eigenvalue weighted by molar-refractivity contribution is 6.78. The first-order valence-corrected chi connectivity index (χ1v) is 16.2. The Morgan fingerprint density at radius 3 is 2.16 bits per heavy atom. The zero-order chi connectivity index (χ0) is 27.6. The second-order valence-corrected chi connectivity index (χ2v) is 18.0. The molecule has 0 spiro atoms. The van der Waals surface area contributed by atoms with Crippen molar-refractivity contribution in [2.24, 2.45) is 11.8 Å². The molecule has 6 heteroatoms. The number of allylic oxidation sites excluding steroid dienone is 1. The van der Waals surface area contributed by atoms with Crippen LogP contribution >= 0.6 is 0 Å². The molecule has 2 aromatic rings. The Morgan fingerprint density at radius 2 is 1.55 bits per heavy atom. The Hall–Kier alpha value is -2.86. The summed E-state index contributed by atoms with van der Waals surface area (Å²) in [5.41, 5.74) is 3.48. The van der Waals surface area contributed by atoms with E-state index in [2.05, 4.69) is 67.5 Å². The Morgan fingerprint density at radius 1 is 0.921 bits per heavy atom. The van der Waals surface area contributed by atoms with Crippen LogP contribution in [-0.4, -0.2) is 25.7 Å². The molecule has 0 N–H and O–H groups in total. The van der Waals surface area contributed by atoms with Gasteiger partial charge in [-0.05, 0) is 60.7 Å². The van der Waals surface area contributed by atoms with E-state index in [4.69, 9.17) is 9.16 Å². The van der Waals surface area contributed by atoms with Gasteiger partial charge in [0.05, 0.1) is 17.5 Å². The standard InChI is InChI=1S/C32H41NO4Si/c1-19(2)38(20(3)4,21(5)6)37-23-14-15-24-27(18-23)36-32(7,8)26-17-16-25-29(28(24)26)31(35)33(30(25)34)22-12-10-9-11-13-22/h9-15,17-21,25,28-29H,16H2,1-8H3/t25-,28+,29-/m1/s1. The molecule has 1 aliphatic carbocycles. The number of nitrogens with zero attached hydrogens (tertiary/aromatic N) is 1. The number of para-hydroxylation sites is 1. The lowest BCUT2D eigenvalue weighted by atomic mass is 9.65. The molecule has 202 valence electrons. The number of anilines is 1. The number of ether oxygens (including phenoxy) is 1. The van der Waals surface area contributed by atoms with Crippen molar-refractivity contribution in [3.8, 4) is 11.5 Å². The molecule has 2 aromatic carbocycles. The van der Waals surface area contributed by atoms with E-state index in [0.717, 1.165) is 22.6 Å². The number of benzene rings is 2. The van der Waals surface area contributed by atoms with Crippen molar-refractivity contribution in [1.82, 2.24) is 0 Å². The minimum Gasteiger partial charge on any atom is -0.543 e. The predicted molar refractivity (Wildman–Crippen MR) is 154 cm³/mol. The average molecular weight is 532 g/mol. The summed E-state index contributed by atoms with van der Waals surface area (Å²) >= 11 is 0. The smallest absolute Gasteiger partial charge is 0.258 e. The van der Waals surface area contributed by atoms with Gasteiger partial charge in [0.1, 0.15) is 17.1 Å². The molecule has 0 unspecified atom stereocenters. The van der Waals surface area contributed by atoms with Crippen LogP contribution < -0.4 is 14.1 Å². The molecular formula is C32H41NO4Si. The van der Waals surface area contributed by atoms with Crippen LogP contribution in [0.2, 0.25) is 16.6 Å². The minimum atomic E-state index is -2.14. The lowest BCUT2D eigenvalue weighted by molar-refractivity contribution is -0.122. The normalized spacial score (nSPS) is 24.2. The Kier molecular flexibility index (Phi) is 6.62. The summed E-state index contributed by atoms with van der Waals surface area (Å²) in [4.78, 5) is 28.9. The van der Waals surface area contributed by atoms with E-state index in [1.807, 2.05) is 42.5 Å². The van der Waals surface area contributed by atoms with Crippen molar-refractivity contribution < 1.29 is 18.8 Å². The maximum atomic E-state index is 13.9. The van der Waals surface area contributed by atoms with Crippen LogP contribution in [0.4, 0.5) is 5.69 Å². The molecule has 0 radical (unpaired) electrons. The molecule has 3 atom stereocenters. The fraction of sp³-hybridized carbons (Fsp3) is 0.500. The number of hydrogen-bond donors (Lipinski definition) is 0. The molecule has 2 aliphatic heterocycles. The number of hydrogen-bond acceptors (Lipinski definition) is 4. The van der Waals surface area contributed by atoms with Crippen molar-refractivity contribution in [3.05, 3.63) is 65.7 Å². The van der Waals surface area contributed by atoms with Crippen LogP contribution in [0.15, 0.2) is 60.2 Å². The van der Waals surface area contributed by atoms with Crippen LogP contribution in [0.25, 0.3) is 0 Å². The average Bonchev–Trinajstić information content (AvgIpc) is 3.11. The molecule has 3 aliphatic rings. The first-order valence-electron chi connectivity index (χ1n) is 14.1. The lowest BCUT2D eigenvalue weighted by Crippen LogP contribution is -2.50. The molecule has 2 heterocycles. The van der Waals surface area contributed by atoms with E-state index < -0.39 is 19.8 Å². The molecule has 1 saturated heterocycles. The molecule has 0 aromatic heterocycles. The molecule has 1 fully saturated rings. The lowest BCUT2D eigenvalue weighted by Gasteiger charge is -2.46. The highest BCUT2D eigenvalue weighted by atomic mass is 28.4. The van der Waals surface area contributed by atoms with Crippen molar-refractivity contribution in [1.29, 1.82) is 0 Å². The SMILES string of the molecule is CC(C)[Si](Oc1ccc2c(c1)OC(C)(C)C1=CC[C@H]3C(=O)N(c4ccccc4)C(=O)[C@H]3[C@H]12)(C(C)C)C(C)C. The maximum Gasteiger partial charge on any atom is 0.258 e. The third-order valence-electron chi connectivity index (χ3n) is 9.16. The van der Waals surface area contributed by atoms with Gasteiger partial charge in [0.2, 0.25) is 11.8 Å². The van der Waals surface area contributed by atoms with Gasteiger partial charge in [0.25, 0.3) is 8.32 Å². The Labute approximate surface area is 228 Å². The van der Waals surface area contributed by atoms with Crippen molar-refractivity contribution in [3.63, 3.8) is 0 Å². The summed E-state index contributed by atoms with van der Waals surface area (Å²) in [6.07, 6.45) is 2.70. The number of carbonyl (C=O) groups is 2. The summed E-state index contributed by atoms with van der Waals surface area (Å²) in [7, 11) is -2.14. The highest BCUT2D eigenvalue weighted by Crippen LogP contribution is 2.56. The molecule has 38 heavy (non-hydrogen) atoms. The van der Waals surface area contributed by atoms with Crippen LogP contribution in [0.3, 0.4) is 0 Å². The molecular weight excluding hydrogens is 490 g/mol. The molecule has 0 saturated carbocycles. The molecule has 2 amide bonds. The van der Waals surface area contributed by atoms with E-state index in [1.54, 1.807) is 0 Å². The second kappa shape index (κ2) is 9.40. The van der Waals surface area contributed by atoms with Crippen LogP contribution in [-0.2, 0) is 9.59 Å². The summed E-state index contributed by atoms with van der Waals surface area (Å²) in [6, 6.07) is 15.4. The van der Waals surface area contributed by atoms with Crippen LogP contribution in [0, 0.1) is 11.8 Å². The van der Waals surface area contributed by atoms with Crippen molar-refractivity contribution in [2.75, 3.05) is 4.90 Å². The Bertz CT molecular complexity index is 1260. The summed E-state index contributed by atoms with van der Waals surface area (Å²) in [5, 5.41) is 0. The number of amides is 2. The van der Waals surface area contributed by atoms with Crippen LogP contribution in [0.1, 0.15) is 73.3 Å². The van der Waals surface area contributed by atoms with Gasteiger partial charge in [0.15, 0.2) is 0 Å². The van der Waals surface area contributed by atoms with Gasteiger partial charge < -0.3 is 9.16 Å². The summed E-state index contributed by atoms with van der Waals surface area (Å²) in [6.45, 7) is 17.8. The van der Waals surface area contributed by atoms with E-state index >= 15 is 0 Å². The number of rotatable bonds is 6. The van der Waals surface area contributed by atoms with Crippen molar-refractivity contribution in [2.45, 2.75) is 90.0 Å².